The molecule has 1 atom stereocenters. The maximum absolute atomic E-state index is 12.2. The monoisotopic (exact) mass is 313 g/mol. The van der Waals surface area contributed by atoms with Gasteiger partial charge in [0, 0.05) is 25.3 Å². The summed E-state index contributed by atoms with van der Waals surface area (Å²) in [6.07, 6.45) is 1.79. The van der Waals surface area contributed by atoms with E-state index in [0.29, 0.717) is 13.2 Å². The van der Waals surface area contributed by atoms with Crippen LogP contribution in [-0.4, -0.2) is 29.6 Å². The van der Waals surface area contributed by atoms with Crippen molar-refractivity contribution < 1.29 is 14.5 Å². The Hall–Kier alpha value is -1.86. The number of nitrogens with zero attached hydrogens (tertiary/aromatic N) is 1. The summed E-state index contributed by atoms with van der Waals surface area (Å²) in [6, 6.07) is 2.24. The molecule has 1 saturated heterocycles. The molecule has 0 aromatic heterocycles. The lowest BCUT2D eigenvalue weighted by atomic mass is 10.0. The van der Waals surface area contributed by atoms with Crippen molar-refractivity contribution in [3.05, 3.63) is 32.8 Å². The average Bonchev–Trinajstić information content (AvgIpc) is 2.86. The normalized spacial score (nSPS) is 21.2. The van der Waals surface area contributed by atoms with Gasteiger partial charge in [-0.25, -0.2) is 0 Å². The van der Waals surface area contributed by atoms with Crippen molar-refractivity contribution in [1.29, 1.82) is 0 Å². The highest BCUT2D eigenvalue weighted by molar-refractivity contribution is 6.34. The van der Waals surface area contributed by atoms with Crippen molar-refractivity contribution in [1.82, 2.24) is 5.32 Å². The smallest absolute Gasteiger partial charge is 0.271 e. The van der Waals surface area contributed by atoms with Gasteiger partial charge in [0.15, 0.2) is 0 Å². The summed E-state index contributed by atoms with van der Waals surface area (Å²) in [5.41, 5.74) is 5.06. The van der Waals surface area contributed by atoms with Gasteiger partial charge in [0.05, 0.1) is 26.8 Å². The summed E-state index contributed by atoms with van der Waals surface area (Å²) in [6.45, 7) is 2.88. The molecule has 8 heteroatoms. The molecule has 114 valence electrons. The second-order valence-electron chi connectivity index (χ2n) is 5.23. The first-order chi connectivity index (χ1) is 9.82. The zero-order chi connectivity index (χ0) is 15.6. The van der Waals surface area contributed by atoms with Crippen molar-refractivity contribution >= 4 is 28.9 Å². The van der Waals surface area contributed by atoms with Crippen LogP contribution in [0.3, 0.4) is 0 Å². The third kappa shape index (κ3) is 3.43. The van der Waals surface area contributed by atoms with Crippen LogP contribution in [0.1, 0.15) is 30.1 Å². The molecule has 0 bridgehead atoms. The number of carbonyl (C=O) groups excluding carboxylic acids is 1. The predicted molar refractivity (Wildman–Crippen MR) is 78.4 cm³/mol. The number of hydrogen-bond acceptors (Lipinski definition) is 5. The van der Waals surface area contributed by atoms with Gasteiger partial charge in [-0.15, -0.1) is 0 Å². The van der Waals surface area contributed by atoms with Gasteiger partial charge < -0.3 is 15.8 Å². The summed E-state index contributed by atoms with van der Waals surface area (Å²) in [5.74, 6) is -0.505. The van der Waals surface area contributed by atoms with Crippen LogP contribution in [0.4, 0.5) is 11.4 Å². The summed E-state index contributed by atoms with van der Waals surface area (Å²) >= 11 is 5.83. The fraction of sp³-hybridized carbons (Fsp3) is 0.462. The number of anilines is 1. The quantitative estimate of drug-likeness (QED) is 0.503. The van der Waals surface area contributed by atoms with Crippen LogP contribution in [0.2, 0.25) is 5.02 Å². The molecule has 1 amide bonds. The van der Waals surface area contributed by atoms with E-state index in [2.05, 4.69) is 5.32 Å². The van der Waals surface area contributed by atoms with Crippen LogP contribution in [0.25, 0.3) is 0 Å². The molecule has 1 aromatic rings. The molecule has 3 N–H and O–H groups in total. The van der Waals surface area contributed by atoms with Gasteiger partial charge in [-0.2, -0.15) is 0 Å². The van der Waals surface area contributed by atoms with Gasteiger partial charge in [0.1, 0.15) is 0 Å². The number of amides is 1. The van der Waals surface area contributed by atoms with Crippen LogP contribution in [-0.2, 0) is 4.74 Å². The number of nitrogens with one attached hydrogen (secondary N) is 1. The number of hydrogen-bond donors (Lipinski definition) is 2. The zero-order valence-electron chi connectivity index (χ0n) is 11.5. The molecular weight excluding hydrogens is 298 g/mol. The Balaban J connectivity index is 2.16. The number of non-ortho nitro benzene ring substituents is 1. The van der Waals surface area contributed by atoms with Gasteiger partial charge in [-0.1, -0.05) is 11.6 Å². The first-order valence-electron chi connectivity index (χ1n) is 6.48. The molecule has 0 aliphatic carbocycles. The molecule has 1 aliphatic rings. The number of nitrogens with two attached hydrogens (primary N) is 1. The van der Waals surface area contributed by atoms with Gasteiger partial charge in [0.2, 0.25) is 0 Å². The minimum atomic E-state index is -0.622. The number of nitrogen functional groups attached to an aromatic ring is 1. The lowest BCUT2D eigenvalue weighted by molar-refractivity contribution is -0.384. The summed E-state index contributed by atoms with van der Waals surface area (Å²) < 4.78 is 5.56. The Morgan fingerprint density at radius 3 is 2.90 bits per heavy atom. The molecule has 21 heavy (non-hydrogen) atoms. The van der Waals surface area contributed by atoms with Gasteiger partial charge in [0.25, 0.3) is 11.6 Å². The molecule has 1 unspecified atom stereocenters. The van der Waals surface area contributed by atoms with E-state index in [1.54, 1.807) is 0 Å². The minimum Gasteiger partial charge on any atom is -0.397 e. The second kappa shape index (κ2) is 5.87. The van der Waals surface area contributed by atoms with Crippen LogP contribution in [0.5, 0.6) is 0 Å². The number of nitro benzene ring substituents is 1. The molecule has 2 rings (SSSR count). The zero-order valence-corrected chi connectivity index (χ0v) is 12.3. The van der Waals surface area contributed by atoms with Crippen molar-refractivity contribution in [2.24, 2.45) is 0 Å². The molecular formula is C13H16ClN3O4. The standard InChI is InChI=1S/C13H16ClN3O4/c1-13(3-2-4-21-13)7-16-12(18)9-5-8(17(19)20)6-10(14)11(9)15/h5-6H,2-4,7,15H2,1H3,(H,16,18). The summed E-state index contributed by atoms with van der Waals surface area (Å²) in [5, 5.41) is 13.5. The average molecular weight is 314 g/mol. The van der Waals surface area contributed by atoms with Crippen LogP contribution in [0, 0.1) is 10.1 Å². The van der Waals surface area contributed by atoms with Crippen LogP contribution < -0.4 is 11.1 Å². The van der Waals surface area contributed by atoms with Gasteiger partial charge in [-0.05, 0) is 19.8 Å². The molecule has 1 aromatic carbocycles. The number of nitro groups is 1. The third-order valence-corrected chi connectivity index (χ3v) is 3.81. The van der Waals surface area contributed by atoms with E-state index < -0.39 is 16.4 Å². The van der Waals surface area contributed by atoms with Gasteiger partial charge in [-0.3, -0.25) is 14.9 Å². The maximum atomic E-state index is 12.2. The lowest BCUT2D eigenvalue weighted by Gasteiger charge is -2.23. The third-order valence-electron chi connectivity index (χ3n) is 3.49. The van der Waals surface area contributed by atoms with Crippen LogP contribution >= 0.6 is 11.6 Å². The molecule has 7 nitrogen and oxygen atoms in total. The van der Waals surface area contributed by atoms with Crippen molar-refractivity contribution in [3.63, 3.8) is 0 Å². The number of rotatable bonds is 4. The van der Waals surface area contributed by atoms with E-state index in [1.807, 2.05) is 6.92 Å². The first-order valence-corrected chi connectivity index (χ1v) is 6.86. The topological polar surface area (TPSA) is 107 Å². The largest absolute Gasteiger partial charge is 0.397 e. The van der Waals surface area contributed by atoms with Gasteiger partial charge >= 0.3 is 0 Å². The SMILES string of the molecule is CC1(CNC(=O)c2cc([N+](=O)[O-])cc(Cl)c2N)CCCO1. The predicted octanol–water partition coefficient (Wildman–Crippen LogP) is 2.13. The van der Waals surface area contributed by atoms with E-state index in [-0.39, 0.29) is 22.0 Å². The highest BCUT2D eigenvalue weighted by Gasteiger charge is 2.30. The Bertz CT molecular complexity index is 585. The van der Waals surface area contributed by atoms with Crippen molar-refractivity contribution in [3.8, 4) is 0 Å². The molecule has 0 radical (unpaired) electrons. The summed E-state index contributed by atoms with van der Waals surface area (Å²) in [7, 11) is 0. The second-order valence-corrected chi connectivity index (χ2v) is 5.64. The molecule has 1 heterocycles. The number of halogens is 1. The molecule has 0 spiro atoms. The Morgan fingerprint density at radius 2 is 2.33 bits per heavy atom. The summed E-state index contributed by atoms with van der Waals surface area (Å²) in [4.78, 5) is 22.4. The first kappa shape index (κ1) is 15.5. The lowest BCUT2D eigenvalue weighted by Crippen LogP contribution is -2.40. The van der Waals surface area contributed by atoms with E-state index in [9.17, 15) is 14.9 Å². The number of carbonyl (C=O) groups is 1. The highest BCUT2D eigenvalue weighted by Crippen LogP contribution is 2.29. The van der Waals surface area contributed by atoms with Crippen molar-refractivity contribution in [2.45, 2.75) is 25.4 Å². The maximum Gasteiger partial charge on any atom is 0.271 e. The number of benzene rings is 1. The van der Waals surface area contributed by atoms with E-state index >= 15 is 0 Å². The Kier molecular flexibility index (Phi) is 4.34. The van der Waals surface area contributed by atoms with Crippen LogP contribution in [0.15, 0.2) is 12.1 Å². The molecule has 1 fully saturated rings. The molecule has 1 aliphatic heterocycles. The molecule has 0 saturated carbocycles. The highest BCUT2D eigenvalue weighted by atomic mass is 35.5. The Morgan fingerprint density at radius 1 is 1.62 bits per heavy atom. The fourth-order valence-electron chi connectivity index (χ4n) is 2.24. The fourth-order valence-corrected chi connectivity index (χ4v) is 2.45. The minimum absolute atomic E-state index is 0.00389. The van der Waals surface area contributed by atoms with E-state index in [0.717, 1.165) is 25.0 Å². The van der Waals surface area contributed by atoms with E-state index in [4.69, 9.17) is 22.1 Å². The number of ether oxygens (including phenoxy) is 1. The van der Waals surface area contributed by atoms with Crippen molar-refractivity contribution in [2.75, 3.05) is 18.9 Å². The Labute approximate surface area is 126 Å². The van der Waals surface area contributed by atoms with E-state index in [1.165, 1.54) is 0 Å².